The molecule has 0 saturated carbocycles. The molecule has 2 aromatic rings. The molecule has 0 bridgehead atoms. The van der Waals surface area contributed by atoms with Gasteiger partial charge in [0.1, 0.15) is 6.10 Å². The number of carbonyl (C=O) groups is 1. The van der Waals surface area contributed by atoms with Gasteiger partial charge in [-0.1, -0.05) is 0 Å². The van der Waals surface area contributed by atoms with Gasteiger partial charge in [-0.05, 0) is 18.2 Å². The van der Waals surface area contributed by atoms with Crippen molar-refractivity contribution in [3.8, 4) is 5.88 Å². The van der Waals surface area contributed by atoms with Gasteiger partial charge in [-0.25, -0.2) is 0 Å². The highest BCUT2D eigenvalue weighted by atomic mass is 19.4. The molecule has 0 spiro atoms. The number of carbonyl (C=O) groups excluding carboxylic acids is 1. The summed E-state index contributed by atoms with van der Waals surface area (Å²) in [5, 5.41) is 0. The maximum absolute atomic E-state index is 13.0. The van der Waals surface area contributed by atoms with Crippen LogP contribution in [0.1, 0.15) is 27.9 Å². The molecule has 0 radical (unpaired) electrons. The SMILES string of the molecule is CN(C)c1cncc(OC2CCN(C(=O)c3cc(C(F)(F)F)cc(C(F)(F)F)c3)C2)n1. The maximum atomic E-state index is 13.0. The van der Waals surface area contributed by atoms with E-state index >= 15 is 0 Å². The van der Waals surface area contributed by atoms with Crippen molar-refractivity contribution in [3.05, 3.63) is 47.3 Å². The summed E-state index contributed by atoms with van der Waals surface area (Å²) in [5.74, 6) is -0.202. The number of amides is 1. The van der Waals surface area contributed by atoms with Gasteiger partial charge in [-0.15, -0.1) is 0 Å². The predicted molar refractivity (Wildman–Crippen MR) is 97.7 cm³/mol. The molecular weight excluding hydrogens is 430 g/mol. The van der Waals surface area contributed by atoms with Crippen LogP contribution in [-0.2, 0) is 12.4 Å². The third kappa shape index (κ3) is 5.36. The second-order valence-electron chi connectivity index (χ2n) is 7.18. The van der Waals surface area contributed by atoms with E-state index in [1.54, 1.807) is 19.0 Å². The minimum absolute atomic E-state index is 0.00962. The van der Waals surface area contributed by atoms with Crippen molar-refractivity contribution in [3.63, 3.8) is 0 Å². The minimum Gasteiger partial charge on any atom is -0.471 e. The van der Waals surface area contributed by atoms with Crippen molar-refractivity contribution < 1.29 is 35.9 Å². The lowest BCUT2D eigenvalue weighted by Gasteiger charge is -2.19. The molecule has 1 saturated heterocycles. The quantitative estimate of drug-likeness (QED) is 0.665. The molecule has 1 amide bonds. The molecule has 12 heteroatoms. The molecule has 3 rings (SSSR count). The first-order chi connectivity index (χ1) is 14.3. The molecule has 1 unspecified atom stereocenters. The van der Waals surface area contributed by atoms with Crippen LogP contribution in [0.5, 0.6) is 5.88 Å². The van der Waals surface area contributed by atoms with Crippen molar-refractivity contribution in [1.82, 2.24) is 14.9 Å². The standard InChI is InChI=1S/C19H18F6N4O2/c1-28(2)15-8-26-9-16(27-15)31-14-3-4-29(10-14)17(30)11-5-12(18(20,21)22)7-13(6-11)19(23,24)25/h5-9,14H,3-4,10H2,1-2H3. The molecule has 1 aromatic carbocycles. The Balaban J connectivity index is 1.77. The van der Waals surface area contributed by atoms with E-state index in [-0.39, 0.29) is 25.0 Å². The lowest BCUT2D eigenvalue weighted by Crippen LogP contribution is -2.31. The highest BCUT2D eigenvalue weighted by Gasteiger charge is 2.38. The molecular formula is C19H18F6N4O2. The van der Waals surface area contributed by atoms with E-state index in [2.05, 4.69) is 9.97 Å². The van der Waals surface area contributed by atoms with Gasteiger partial charge in [0.25, 0.3) is 5.91 Å². The zero-order valence-corrected chi connectivity index (χ0v) is 16.5. The van der Waals surface area contributed by atoms with Gasteiger partial charge in [0.2, 0.25) is 5.88 Å². The molecule has 0 N–H and O–H groups in total. The van der Waals surface area contributed by atoms with Crippen LogP contribution in [0.2, 0.25) is 0 Å². The third-order valence-corrected chi connectivity index (χ3v) is 4.61. The highest BCUT2D eigenvalue weighted by molar-refractivity contribution is 5.95. The van der Waals surface area contributed by atoms with E-state index in [1.807, 2.05) is 0 Å². The number of halogens is 6. The van der Waals surface area contributed by atoms with E-state index in [0.29, 0.717) is 24.4 Å². The van der Waals surface area contributed by atoms with Gasteiger partial charge in [0, 0.05) is 32.6 Å². The third-order valence-electron chi connectivity index (χ3n) is 4.61. The molecule has 0 aliphatic carbocycles. The fourth-order valence-corrected chi connectivity index (χ4v) is 3.05. The van der Waals surface area contributed by atoms with Gasteiger partial charge in [0.15, 0.2) is 5.82 Å². The lowest BCUT2D eigenvalue weighted by molar-refractivity contribution is -0.143. The van der Waals surface area contributed by atoms with E-state index in [9.17, 15) is 31.1 Å². The number of hydrogen-bond donors (Lipinski definition) is 0. The summed E-state index contributed by atoms with van der Waals surface area (Å²) in [6.45, 7) is 0.103. The van der Waals surface area contributed by atoms with E-state index in [1.165, 1.54) is 12.4 Å². The summed E-state index contributed by atoms with van der Waals surface area (Å²) >= 11 is 0. The molecule has 2 heterocycles. The molecule has 1 fully saturated rings. The van der Waals surface area contributed by atoms with Crippen LogP contribution in [0.4, 0.5) is 32.2 Å². The number of anilines is 1. The van der Waals surface area contributed by atoms with E-state index in [0.717, 1.165) is 4.90 Å². The molecule has 1 aliphatic heterocycles. The molecule has 168 valence electrons. The number of ether oxygens (including phenoxy) is 1. The summed E-state index contributed by atoms with van der Waals surface area (Å²) in [6.07, 6.45) is -7.34. The molecule has 1 aromatic heterocycles. The maximum Gasteiger partial charge on any atom is 0.416 e. The predicted octanol–water partition coefficient (Wildman–Crippen LogP) is 3.87. The first-order valence-electron chi connectivity index (χ1n) is 9.09. The van der Waals surface area contributed by atoms with Gasteiger partial charge in [-0.2, -0.15) is 31.3 Å². The first-order valence-corrected chi connectivity index (χ1v) is 9.09. The Morgan fingerprint density at radius 3 is 2.23 bits per heavy atom. The summed E-state index contributed by atoms with van der Waals surface area (Å²) in [4.78, 5) is 23.7. The average Bonchev–Trinajstić information content (AvgIpc) is 3.14. The second kappa shape index (κ2) is 8.23. The van der Waals surface area contributed by atoms with Crippen LogP contribution in [-0.4, -0.2) is 54.1 Å². The number of alkyl halides is 6. The summed E-state index contributed by atoms with van der Waals surface area (Å²) in [6, 6.07) is 0.846. The zero-order valence-electron chi connectivity index (χ0n) is 16.5. The highest BCUT2D eigenvalue weighted by Crippen LogP contribution is 2.36. The van der Waals surface area contributed by atoms with Crippen molar-refractivity contribution in [2.45, 2.75) is 24.9 Å². The van der Waals surface area contributed by atoms with Crippen LogP contribution in [0.15, 0.2) is 30.6 Å². The minimum atomic E-state index is -5.02. The van der Waals surface area contributed by atoms with Crippen molar-refractivity contribution in [2.75, 3.05) is 32.1 Å². The number of hydrogen-bond acceptors (Lipinski definition) is 5. The van der Waals surface area contributed by atoms with Crippen LogP contribution in [0, 0.1) is 0 Å². The van der Waals surface area contributed by atoms with Crippen LogP contribution >= 0.6 is 0 Å². The Morgan fingerprint density at radius 1 is 1.06 bits per heavy atom. The Labute approximate surface area is 173 Å². The number of likely N-dealkylation sites (tertiary alicyclic amines) is 1. The van der Waals surface area contributed by atoms with Gasteiger partial charge >= 0.3 is 12.4 Å². The van der Waals surface area contributed by atoms with Crippen LogP contribution in [0.25, 0.3) is 0 Å². The van der Waals surface area contributed by atoms with Crippen molar-refractivity contribution in [1.29, 1.82) is 0 Å². The number of rotatable bonds is 4. The smallest absolute Gasteiger partial charge is 0.416 e. The van der Waals surface area contributed by atoms with Crippen LogP contribution < -0.4 is 9.64 Å². The monoisotopic (exact) mass is 448 g/mol. The van der Waals surface area contributed by atoms with Gasteiger partial charge in [0.05, 0.1) is 30.1 Å². The molecule has 6 nitrogen and oxygen atoms in total. The van der Waals surface area contributed by atoms with Gasteiger partial charge in [-0.3, -0.25) is 9.78 Å². The lowest BCUT2D eigenvalue weighted by atomic mass is 10.0. The summed E-state index contributed by atoms with van der Waals surface area (Å²) in [7, 11) is 3.52. The van der Waals surface area contributed by atoms with Crippen LogP contribution in [0.3, 0.4) is 0 Å². The number of benzene rings is 1. The summed E-state index contributed by atoms with van der Waals surface area (Å²) < 4.78 is 83.9. The normalized spacial score (nSPS) is 17.0. The number of nitrogens with zero attached hydrogens (tertiary/aromatic N) is 4. The van der Waals surface area contributed by atoms with E-state index in [4.69, 9.17) is 4.74 Å². The Kier molecular flexibility index (Phi) is 6.01. The molecule has 31 heavy (non-hydrogen) atoms. The Bertz CT molecular complexity index is 929. The fraction of sp³-hybridized carbons (Fsp3) is 0.421. The fourth-order valence-electron chi connectivity index (χ4n) is 3.05. The molecule has 1 aliphatic rings. The van der Waals surface area contributed by atoms with Gasteiger partial charge < -0.3 is 14.5 Å². The molecule has 1 atom stereocenters. The largest absolute Gasteiger partial charge is 0.471 e. The van der Waals surface area contributed by atoms with E-state index < -0.39 is 41.1 Å². The Hall–Kier alpha value is -3.05. The summed E-state index contributed by atoms with van der Waals surface area (Å²) in [5.41, 5.74) is -3.75. The number of aromatic nitrogens is 2. The Morgan fingerprint density at radius 2 is 1.68 bits per heavy atom. The van der Waals surface area contributed by atoms with Crippen molar-refractivity contribution >= 4 is 11.7 Å². The topological polar surface area (TPSA) is 58.6 Å². The van der Waals surface area contributed by atoms with Crippen molar-refractivity contribution in [2.24, 2.45) is 0 Å². The average molecular weight is 448 g/mol. The zero-order chi connectivity index (χ0) is 23.0. The second-order valence-corrected chi connectivity index (χ2v) is 7.18. The first kappa shape index (κ1) is 22.6.